The van der Waals surface area contributed by atoms with Crippen molar-refractivity contribution in [1.29, 1.82) is 0 Å². The Hall–Kier alpha value is -4.09. The largest absolute Gasteiger partial charge is 0.441 e. The number of aromatic nitrogens is 3. The Bertz CT molecular complexity index is 1870. The third-order valence-electron chi connectivity index (χ3n) is 6.91. The van der Waals surface area contributed by atoms with Gasteiger partial charge < -0.3 is 19.1 Å². The second kappa shape index (κ2) is 9.28. The predicted molar refractivity (Wildman–Crippen MR) is 152 cm³/mol. The molecule has 0 spiro atoms. The summed E-state index contributed by atoms with van der Waals surface area (Å²) in [6.07, 6.45) is 1.18. The molecule has 0 saturated carbocycles. The summed E-state index contributed by atoms with van der Waals surface area (Å²) in [6.45, 7) is 5.05. The van der Waals surface area contributed by atoms with Crippen LogP contribution in [-0.4, -0.2) is 39.7 Å². The van der Waals surface area contributed by atoms with Crippen molar-refractivity contribution in [2.45, 2.75) is 26.7 Å². The molecule has 11 heteroatoms. The number of carbonyl (C=O) groups is 2. The Labute approximate surface area is 230 Å². The summed E-state index contributed by atoms with van der Waals surface area (Å²) in [5, 5.41) is 3.83. The minimum Gasteiger partial charge on any atom is -0.441 e. The van der Waals surface area contributed by atoms with Gasteiger partial charge in [-0.1, -0.05) is 17.4 Å². The van der Waals surface area contributed by atoms with E-state index in [2.05, 4.69) is 20.2 Å². The number of thiazole rings is 1. The van der Waals surface area contributed by atoms with Crippen molar-refractivity contribution in [3.05, 3.63) is 64.7 Å². The van der Waals surface area contributed by atoms with Crippen LogP contribution in [0.4, 0.5) is 10.8 Å². The van der Waals surface area contributed by atoms with Crippen LogP contribution in [-0.2, 0) is 11.2 Å². The average molecular weight is 558 g/mol. The zero-order chi connectivity index (χ0) is 26.7. The van der Waals surface area contributed by atoms with E-state index in [1.165, 1.54) is 11.3 Å². The molecule has 1 amide bonds. The highest BCUT2D eigenvalue weighted by atomic mass is 32.1. The molecule has 1 atom stereocenters. The van der Waals surface area contributed by atoms with Crippen LogP contribution in [0, 0.1) is 19.8 Å². The van der Waals surface area contributed by atoms with Crippen molar-refractivity contribution in [1.82, 2.24) is 15.0 Å². The molecular formula is C28H23N5O4S2. The number of aryl methyl sites for hydroxylation is 2. The first-order valence-corrected chi connectivity index (χ1v) is 14.2. The zero-order valence-electron chi connectivity index (χ0n) is 21.2. The lowest BCUT2D eigenvalue weighted by Crippen LogP contribution is -2.23. The highest BCUT2D eigenvalue weighted by molar-refractivity contribution is 7.29. The van der Waals surface area contributed by atoms with Crippen LogP contribution >= 0.6 is 22.7 Å². The number of Topliss-reactive ketones (excluding diaryl/α,β-unsaturated/α-hetero) is 1. The number of thiophene rings is 1. The molecule has 1 fully saturated rings. The Morgan fingerprint density at radius 2 is 1.79 bits per heavy atom. The van der Waals surface area contributed by atoms with Gasteiger partial charge in [-0.15, -0.1) is 11.3 Å². The van der Waals surface area contributed by atoms with Gasteiger partial charge in [-0.05, 0) is 48.4 Å². The molecule has 0 aliphatic carbocycles. The lowest BCUT2D eigenvalue weighted by Gasteiger charge is -2.14. The Balaban J connectivity index is 1.00. The quantitative estimate of drug-likeness (QED) is 0.259. The summed E-state index contributed by atoms with van der Waals surface area (Å²) in [7, 11) is 0. The van der Waals surface area contributed by atoms with Gasteiger partial charge in [0, 0.05) is 45.0 Å². The molecule has 0 bridgehead atoms. The van der Waals surface area contributed by atoms with Crippen molar-refractivity contribution in [3.8, 4) is 0 Å². The van der Waals surface area contributed by atoms with E-state index >= 15 is 0 Å². The van der Waals surface area contributed by atoms with Crippen LogP contribution in [0.25, 0.3) is 31.7 Å². The number of nitrogens with one attached hydrogen (secondary N) is 1. The van der Waals surface area contributed by atoms with E-state index in [4.69, 9.17) is 13.8 Å². The Morgan fingerprint density at radius 3 is 2.64 bits per heavy atom. The maximum atomic E-state index is 13.1. The third-order valence-corrected chi connectivity index (χ3v) is 9.13. The maximum Gasteiger partial charge on any atom is 0.265 e. The number of ketones is 1. The van der Waals surface area contributed by atoms with Crippen LogP contribution in [0.1, 0.15) is 33.4 Å². The van der Waals surface area contributed by atoms with Crippen LogP contribution in [0.5, 0.6) is 0 Å². The average Bonchev–Trinajstić information content (AvgIpc) is 3.69. The normalized spacial score (nSPS) is 15.6. The summed E-state index contributed by atoms with van der Waals surface area (Å²) in [5.74, 6) is 1.21. The molecule has 0 radical (unpaired) electrons. The number of hydrogen-bond donors (Lipinski definition) is 1. The van der Waals surface area contributed by atoms with E-state index in [1.807, 2.05) is 31.2 Å². The van der Waals surface area contributed by atoms with E-state index in [-0.39, 0.29) is 17.6 Å². The molecule has 196 valence electrons. The topological polar surface area (TPSA) is 114 Å². The summed E-state index contributed by atoms with van der Waals surface area (Å²) < 4.78 is 12.1. The van der Waals surface area contributed by atoms with Gasteiger partial charge in [0.1, 0.15) is 21.6 Å². The standard InChI is InChI=1S/C28H23N5O4S2/c1-14-29-19-5-3-16(10-23(19)37-14)9-21(34)17-7-8-33(13-17)28-32-27-25(39-28)12-24(38-27)26(35)31-18-4-6-22-20(11-18)30-15(2)36-22/h3-6,10-12,17H,7-9,13H2,1-2H3,(H,31,35)/t17-/m1/s1. The van der Waals surface area contributed by atoms with Gasteiger partial charge in [0.25, 0.3) is 5.91 Å². The summed E-state index contributed by atoms with van der Waals surface area (Å²) >= 11 is 2.93. The van der Waals surface area contributed by atoms with Crippen LogP contribution in [0.3, 0.4) is 0 Å². The number of nitrogens with zero attached hydrogens (tertiary/aromatic N) is 4. The Kier molecular flexibility index (Phi) is 5.71. The first kappa shape index (κ1) is 24.0. The fraction of sp³-hybridized carbons (Fsp3) is 0.250. The molecule has 1 saturated heterocycles. The van der Waals surface area contributed by atoms with Gasteiger partial charge in [0.05, 0.1) is 9.58 Å². The number of anilines is 2. The van der Waals surface area contributed by atoms with Gasteiger partial charge in [-0.25, -0.2) is 15.0 Å². The SMILES string of the molecule is Cc1nc2cc(NC(=O)c3cc4sc(N5CC[C@@H](C(=O)Cc6ccc7nc(C)oc7c6)C5)nc4s3)ccc2o1. The third kappa shape index (κ3) is 4.57. The van der Waals surface area contributed by atoms with E-state index in [0.717, 1.165) is 38.7 Å². The molecule has 1 aliphatic heterocycles. The molecular weight excluding hydrogens is 534 g/mol. The number of oxazole rings is 2. The number of rotatable bonds is 6. The van der Waals surface area contributed by atoms with Crippen molar-refractivity contribution < 1.29 is 18.4 Å². The summed E-state index contributed by atoms with van der Waals surface area (Å²) in [6, 6.07) is 13.1. The van der Waals surface area contributed by atoms with Crippen molar-refractivity contribution >= 4 is 76.9 Å². The molecule has 5 heterocycles. The lowest BCUT2D eigenvalue weighted by atomic mass is 9.97. The summed E-state index contributed by atoms with van der Waals surface area (Å²) in [4.78, 5) is 43.0. The Morgan fingerprint density at radius 1 is 0.974 bits per heavy atom. The molecule has 6 aromatic rings. The van der Waals surface area contributed by atoms with Gasteiger partial charge in [0.15, 0.2) is 28.1 Å². The van der Waals surface area contributed by atoms with E-state index in [9.17, 15) is 9.59 Å². The van der Waals surface area contributed by atoms with Crippen LogP contribution < -0.4 is 10.2 Å². The van der Waals surface area contributed by atoms with E-state index in [1.54, 1.807) is 36.5 Å². The molecule has 0 unspecified atom stereocenters. The number of fused-ring (bicyclic) bond motifs is 3. The monoisotopic (exact) mass is 557 g/mol. The lowest BCUT2D eigenvalue weighted by molar-refractivity contribution is -0.121. The zero-order valence-corrected chi connectivity index (χ0v) is 22.8. The minimum absolute atomic E-state index is 0.0359. The van der Waals surface area contributed by atoms with E-state index < -0.39 is 0 Å². The highest BCUT2D eigenvalue weighted by Crippen LogP contribution is 2.37. The highest BCUT2D eigenvalue weighted by Gasteiger charge is 2.30. The number of amides is 1. The second-order valence-corrected chi connectivity index (χ2v) is 11.8. The smallest absolute Gasteiger partial charge is 0.265 e. The van der Waals surface area contributed by atoms with Crippen LogP contribution in [0.15, 0.2) is 51.3 Å². The molecule has 2 aromatic carbocycles. The first-order chi connectivity index (χ1) is 18.9. The fourth-order valence-corrected chi connectivity index (χ4v) is 7.16. The molecule has 9 nitrogen and oxygen atoms in total. The number of carbonyl (C=O) groups excluding carboxylic acids is 2. The van der Waals surface area contributed by atoms with Crippen molar-refractivity contribution in [2.24, 2.45) is 5.92 Å². The van der Waals surface area contributed by atoms with Crippen molar-refractivity contribution in [3.63, 3.8) is 0 Å². The molecule has 4 aromatic heterocycles. The molecule has 7 rings (SSSR count). The minimum atomic E-state index is -0.183. The molecule has 1 N–H and O–H groups in total. The molecule has 1 aliphatic rings. The van der Waals surface area contributed by atoms with E-state index in [0.29, 0.717) is 52.0 Å². The molecule has 39 heavy (non-hydrogen) atoms. The van der Waals surface area contributed by atoms with Gasteiger partial charge >= 0.3 is 0 Å². The van der Waals surface area contributed by atoms with Gasteiger partial charge in [-0.2, -0.15) is 0 Å². The van der Waals surface area contributed by atoms with Gasteiger partial charge in [-0.3, -0.25) is 9.59 Å². The number of hydrogen-bond acceptors (Lipinski definition) is 10. The van der Waals surface area contributed by atoms with Crippen LogP contribution in [0.2, 0.25) is 0 Å². The fourth-order valence-electron chi connectivity index (χ4n) is 5.02. The summed E-state index contributed by atoms with van der Waals surface area (Å²) in [5.41, 5.74) is 4.52. The number of benzene rings is 2. The van der Waals surface area contributed by atoms with Gasteiger partial charge in [0.2, 0.25) is 0 Å². The first-order valence-electron chi connectivity index (χ1n) is 12.6. The second-order valence-electron chi connectivity index (χ2n) is 9.76. The predicted octanol–water partition coefficient (Wildman–Crippen LogP) is 6.15. The maximum absolute atomic E-state index is 13.1. The van der Waals surface area contributed by atoms with Crippen molar-refractivity contribution in [2.75, 3.05) is 23.3 Å².